The average Bonchev–Trinajstić information content (AvgIpc) is 3.61. The molecule has 0 atom stereocenters. The summed E-state index contributed by atoms with van der Waals surface area (Å²) in [6.07, 6.45) is 3.47. The molecule has 3 N–H and O–H groups in total. The SMILES string of the molecule is COc1ccc(-c2nc(C3(C)CCN(c4ncnc5[nH]c(-c6ccc(OCC(=O)O)cc6)cc45)CC3)[nH]c2C)cc1C. The van der Waals surface area contributed by atoms with Crippen molar-refractivity contribution in [1.29, 1.82) is 0 Å². The number of aromatic nitrogens is 5. The van der Waals surface area contributed by atoms with Crippen LogP contribution in [0.2, 0.25) is 0 Å². The second-order valence-electron chi connectivity index (χ2n) is 11.1. The minimum atomic E-state index is -1.01. The third kappa shape index (κ3) is 5.15. The van der Waals surface area contributed by atoms with E-state index in [9.17, 15) is 4.79 Å². The number of aromatic amines is 2. The average molecular weight is 567 g/mol. The maximum absolute atomic E-state index is 10.8. The molecule has 5 aromatic rings. The number of hydrogen-bond donors (Lipinski definition) is 3. The lowest BCUT2D eigenvalue weighted by Crippen LogP contribution is -2.42. The molecule has 0 aliphatic carbocycles. The summed E-state index contributed by atoms with van der Waals surface area (Å²) in [5, 5.41) is 9.80. The van der Waals surface area contributed by atoms with Gasteiger partial charge in [-0.05, 0) is 86.3 Å². The Morgan fingerprint density at radius 3 is 2.45 bits per heavy atom. The number of nitrogens with one attached hydrogen (secondary N) is 2. The van der Waals surface area contributed by atoms with Crippen LogP contribution in [0.1, 0.15) is 36.8 Å². The van der Waals surface area contributed by atoms with Crippen LogP contribution >= 0.6 is 0 Å². The molecule has 0 bridgehead atoms. The van der Waals surface area contributed by atoms with Crippen molar-refractivity contribution in [2.24, 2.45) is 0 Å². The van der Waals surface area contributed by atoms with Gasteiger partial charge in [0.05, 0.1) is 18.2 Å². The molecule has 4 heterocycles. The number of anilines is 1. The second kappa shape index (κ2) is 10.8. The van der Waals surface area contributed by atoms with E-state index in [1.165, 1.54) is 0 Å². The molecule has 2 aromatic carbocycles. The van der Waals surface area contributed by atoms with Gasteiger partial charge in [-0.15, -0.1) is 0 Å². The van der Waals surface area contributed by atoms with E-state index in [1.807, 2.05) is 18.2 Å². The number of methoxy groups -OCH3 is 1. The first kappa shape index (κ1) is 27.3. The molecule has 0 saturated carbocycles. The largest absolute Gasteiger partial charge is 0.496 e. The van der Waals surface area contributed by atoms with E-state index < -0.39 is 5.97 Å². The van der Waals surface area contributed by atoms with Crippen molar-refractivity contribution in [3.05, 3.63) is 71.9 Å². The number of carboxylic acids is 1. The highest BCUT2D eigenvalue weighted by Crippen LogP contribution is 2.38. The first-order valence-electron chi connectivity index (χ1n) is 14.0. The molecule has 1 aliphatic rings. The topological polar surface area (TPSA) is 129 Å². The van der Waals surface area contributed by atoms with Gasteiger partial charge in [-0.3, -0.25) is 0 Å². The van der Waals surface area contributed by atoms with Gasteiger partial charge in [0.15, 0.2) is 6.61 Å². The highest BCUT2D eigenvalue weighted by Gasteiger charge is 2.36. The van der Waals surface area contributed by atoms with Gasteiger partial charge in [0.1, 0.15) is 35.1 Å². The van der Waals surface area contributed by atoms with Crippen molar-refractivity contribution in [1.82, 2.24) is 24.9 Å². The predicted molar refractivity (Wildman–Crippen MR) is 161 cm³/mol. The molecule has 216 valence electrons. The van der Waals surface area contributed by atoms with Gasteiger partial charge < -0.3 is 29.4 Å². The number of carbonyl (C=O) groups is 1. The number of rotatable bonds is 8. The van der Waals surface area contributed by atoms with Crippen LogP contribution in [0.5, 0.6) is 11.5 Å². The third-order valence-corrected chi connectivity index (χ3v) is 8.22. The summed E-state index contributed by atoms with van der Waals surface area (Å²) in [7, 11) is 1.69. The monoisotopic (exact) mass is 566 g/mol. The minimum absolute atomic E-state index is 0.0824. The van der Waals surface area contributed by atoms with E-state index in [-0.39, 0.29) is 12.0 Å². The van der Waals surface area contributed by atoms with E-state index in [0.29, 0.717) is 5.75 Å². The molecule has 10 heteroatoms. The lowest BCUT2D eigenvalue weighted by atomic mass is 9.79. The zero-order chi connectivity index (χ0) is 29.4. The number of fused-ring (bicyclic) bond motifs is 1. The van der Waals surface area contributed by atoms with Crippen LogP contribution in [-0.2, 0) is 10.2 Å². The van der Waals surface area contributed by atoms with Crippen LogP contribution in [0.15, 0.2) is 54.9 Å². The fourth-order valence-electron chi connectivity index (χ4n) is 5.71. The molecule has 0 amide bonds. The van der Waals surface area contributed by atoms with E-state index in [1.54, 1.807) is 25.6 Å². The number of piperidine rings is 1. The molecule has 3 aromatic heterocycles. The zero-order valence-electron chi connectivity index (χ0n) is 24.2. The molecular weight excluding hydrogens is 532 g/mol. The molecule has 0 radical (unpaired) electrons. The fraction of sp³-hybridized carbons (Fsp3) is 0.312. The van der Waals surface area contributed by atoms with Crippen LogP contribution in [0.4, 0.5) is 5.82 Å². The number of aliphatic carboxylic acids is 1. The summed E-state index contributed by atoms with van der Waals surface area (Å²) >= 11 is 0. The number of benzene rings is 2. The summed E-state index contributed by atoms with van der Waals surface area (Å²) in [6.45, 7) is 7.74. The lowest BCUT2D eigenvalue weighted by Gasteiger charge is -2.38. The molecule has 1 fully saturated rings. The molecule has 0 spiro atoms. The van der Waals surface area contributed by atoms with Crippen molar-refractivity contribution >= 4 is 22.8 Å². The van der Waals surface area contributed by atoms with Gasteiger partial charge in [-0.1, -0.05) is 6.92 Å². The fourth-order valence-corrected chi connectivity index (χ4v) is 5.71. The Morgan fingerprint density at radius 2 is 1.76 bits per heavy atom. The van der Waals surface area contributed by atoms with Crippen LogP contribution in [0.25, 0.3) is 33.5 Å². The number of aryl methyl sites for hydroxylation is 2. The number of H-pyrrole nitrogens is 2. The van der Waals surface area contributed by atoms with Gasteiger partial charge >= 0.3 is 5.97 Å². The Balaban J connectivity index is 1.19. The lowest BCUT2D eigenvalue weighted by molar-refractivity contribution is -0.139. The minimum Gasteiger partial charge on any atom is -0.496 e. The molecule has 42 heavy (non-hydrogen) atoms. The van der Waals surface area contributed by atoms with E-state index >= 15 is 0 Å². The number of imidazole rings is 1. The quantitative estimate of drug-likeness (QED) is 0.219. The molecule has 1 saturated heterocycles. The summed E-state index contributed by atoms with van der Waals surface area (Å²) < 4.78 is 10.7. The van der Waals surface area contributed by atoms with Gasteiger partial charge in [0, 0.05) is 35.5 Å². The van der Waals surface area contributed by atoms with Crippen molar-refractivity contribution < 1.29 is 19.4 Å². The normalized spacial score (nSPS) is 14.7. The van der Waals surface area contributed by atoms with E-state index in [2.05, 4.69) is 63.8 Å². The van der Waals surface area contributed by atoms with Crippen LogP contribution in [0, 0.1) is 13.8 Å². The number of carboxylic acid groups (broad SMARTS) is 1. The Kier molecular flexibility index (Phi) is 7.06. The van der Waals surface area contributed by atoms with Crippen LogP contribution < -0.4 is 14.4 Å². The van der Waals surface area contributed by atoms with Crippen molar-refractivity contribution in [2.45, 2.75) is 39.0 Å². The maximum Gasteiger partial charge on any atom is 0.341 e. The first-order valence-corrected chi connectivity index (χ1v) is 14.0. The summed E-state index contributed by atoms with van der Waals surface area (Å²) in [5.74, 6) is 2.31. The van der Waals surface area contributed by atoms with Gasteiger partial charge in [0.2, 0.25) is 0 Å². The van der Waals surface area contributed by atoms with Crippen LogP contribution in [0.3, 0.4) is 0 Å². The molecule has 10 nitrogen and oxygen atoms in total. The predicted octanol–water partition coefficient (Wildman–Crippen LogP) is 5.66. The van der Waals surface area contributed by atoms with Gasteiger partial charge in [0.25, 0.3) is 0 Å². The maximum atomic E-state index is 10.8. The summed E-state index contributed by atoms with van der Waals surface area (Å²) in [6, 6.07) is 15.6. The second-order valence-corrected chi connectivity index (χ2v) is 11.1. The summed E-state index contributed by atoms with van der Waals surface area (Å²) in [4.78, 5) is 34.4. The number of hydrogen-bond acceptors (Lipinski definition) is 7. The molecular formula is C32H34N6O4. The highest BCUT2D eigenvalue weighted by atomic mass is 16.5. The Labute approximate surface area is 243 Å². The number of ether oxygens (including phenoxy) is 2. The Morgan fingerprint density at radius 1 is 1.02 bits per heavy atom. The standard InChI is InChI=1S/C32H34N6O4/c1-19-15-22(7-10-26(19)41-4)28-20(2)35-31(37-28)32(3)11-13-38(14-12-32)30-24-16-25(36-29(24)33-18-34-30)21-5-8-23(9-6-21)42-17-27(39)40/h5-10,15-16,18H,11-14,17H2,1-4H3,(H,35,37)(H,39,40)(H,33,34,36). The highest BCUT2D eigenvalue weighted by molar-refractivity contribution is 5.92. The smallest absolute Gasteiger partial charge is 0.341 e. The summed E-state index contributed by atoms with van der Waals surface area (Å²) in [5.41, 5.74) is 6.77. The van der Waals surface area contributed by atoms with Crippen molar-refractivity contribution in [3.63, 3.8) is 0 Å². The van der Waals surface area contributed by atoms with E-state index in [0.717, 1.165) is 88.1 Å². The third-order valence-electron chi connectivity index (χ3n) is 8.22. The molecule has 0 unspecified atom stereocenters. The van der Waals surface area contributed by atoms with Crippen molar-refractivity contribution in [3.8, 4) is 34.0 Å². The van der Waals surface area contributed by atoms with Gasteiger partial charge in [-0.25, -0.2) is 19.7 Å². The van der Waals surface area contributed by atoms with Crippen LogP contribution in [-0.4, -0.2) is 62.8 Å². The van der Waals surface area contributed by atoms with E-state index in [4.69, 9.17) is 19.6 Å². The zero-order valence-corrected chi connectivity index (χ0v) is 24.2. The Hall–Kier alpha value is -4.86. The van der Waals surface area contributed by atoms with Gasteiger partial charge in [-0.2, -0.15) is 0 Å². The van der Waals surface area contributed by atoms with Crippen molar-refractivity contribution in [2.75, 3.05) is 31.7 Å². The Bertz CT molecular complexity index is 1750. The molecule has 6 rings (SSSR count). The number of nitrogens with zero attached hydrogens (tertiary/aromatic N) is 4. The first-order chi connectivity index (χ1) is 20.2. The molecule has 1 aliphatic heterocycles.